The van der Waals surface area contributed by atoms with Crippen LogP contribution in [0, 0.1) is 0 Å². The van der Waals surface area contributed by atoms with Crippen molar-refractivity contribution in [3.8, 4) is 5.75 Å². The van der Waals surface area contributed by atoms with Gasteiger partial charge in [-0.15, -0.1) is 0 Å². The van der Waals surface area contributed by atoms with Gasteiger partial charge in [0.05, 0.1) is 7.11 Å². The Bertz CT molecular complexity index is 381. The van der Waals surface area contributed by atoms with E-state index in [1.165, 1.54) is 19.2 Å². The van der Waals surface area contributed by atoms with Gasteiger partial charge in [0.25, 0.3) is 0 Å². The largest absolute Gasteiger partial charge is 0.508 e. The van der Waals surface area contributed by atoms with E-state index in [0.29, 0.717) is 31.2 Å². The summed E-state index contributed by atoms with van der Waals surface area (Å²) in [5.41, 5.74) is 0.584. The molecule has 17 heavy (non-hydrogen) atoms. The van der Waals surface area contributed by atoms with E-state index >= 15 is 0 Å². The number of aromatic hydroxyl groups is 1. The average Bonchev–Trinajstić information content (AvgIpc) is 2.34. The summed E-state index contributed by atoms with van der Waals surface area (Å²) < 4.78 is 4.50. The van der Waals surface area contributed by atoms with Gasteiger partial charge in [-0.2, -0.15) is 0 Å². The Balaban J connectivity index is 2.30. The van der Waals surface area contributed by atoms with Gasteiger partial charge in [0.1, 0.15) is 5.75 Å². The molecule has 0 aliphatic carbocycles. The summed E-state index contributed by atoms with van der Waals surface area (Å²) in [7, 11) is 1.35. The highest BCUT2D eigenvalue weighted by Crippen LogP contribution is 2.13. The Kier molecular flexibility index (Phi) is 5.20. The number of esters is 1. The minimum atomic E-state index is -0.248. The van der Waals surface area contributed by atoms with E-state index in [9.17, 15) is 9.59 Å². The summed E-state index contributed by atoms with van der Waals surface area (Å²) >= 11 is 0. The number of carbonyl (C=O) groups excluding carboxylic acids is 2. The van der Waals surface area contributed by atoms with Crippen LogP contribution in [0.4, 0.5) is 0 Å². The SMILES string of the molecule is COC(=O)CCCCC(=O)c1ccc(O)cc1. The Morgan fingerprint density at radius 2 is 1.71 bits per heavy atom. The number of carbonyl (C=O) groups is 2. The number of hydrogen-bond acceptors (Lipinski definition) is 4. The van der Waals surface area contributed by atoms with E-state index in [0.717, 1.165) is 0 Å². The van der Waals surface area contributed by atoms with Crippen LogP contribution in [-0.4, -0.2) is 24.0 Å². The lowest BCUT2D eigenvalue weighted by Crippen LogP contribution is -2.02. The fourth-order valence-corrected chi connectivity index (χ4v) is 1.45. The van der Waals surface area contributed by atoms with Gasteiger partial charge in [-0.05, 0) is 37.1 Å². The molecule has 0 spiro atoms. The van der Waals surface area contributed by atoms with E-state index in [1.54, 1.807) is 12.1 Å². The third-order valence-corrected chi connectivity index (χ3v) is 2.45. The summed E-state index contributed by atoms with van der Waals surface area (Å²) in [6.07, 6.45) is 2.06. The number of phenolic OH excluding ortho intramolecular Hbond substituents is 1. The molecule has 0 heterocycles. The molecule has 0 aromatic heterocycles. The van der Waals surface area contributed by atoms with Crippen LogP contribution in [0.15, 0.2) is 24.3 Å². The van der Waals surface area contributed by atoms with Gasteiger partial charge in [-0.3, -0.25) is 9.59 Å². The fraction of sp³-hybridized carbons (Fsp3) is 0.385. The Hall–Kier alpha value is -1.84. The summed E-state index contributed by atoms with van der Waals surface area (Å²) in [6, 6.07) is 6.17. The van der Waals surface area contributed by atoms with Crippen molar-refractivity contribution in [3.63, 3.8) is 0 Å². The molecule has 0 fully saturated rings. The van der Waals surface area contributed by atoms with Gasteiger partial charge >= 0.3 is 5.97 Å². The third-order valence-electron chi connectivity index (χ3n) is 2.45. The molecule has 0 radical (unpaired) electrons. The Morgan fingerprint density at radius 3 is 2.29 bits per heavy atom. The number of ketones is 1. The van der Waals surface area contributed by atoms with Crippen molar-refractivity contribution in [1.29, 1.82) is 0 Å². The molecular formula is C13H16O4. The maximum atomic E-state index is 11.7. The predicted octanol–water partition coefficient (Wildman–Crippen LogP) is 2.31. The van der Waals surface area contributed by atoms with E-state index in [1.807, 2.05) is 0 Å². The quantitative estimate of drug-likeness (QED) is 0.467. The summed E-state index contributed by atoms with van der Waals surface area (Å²) in [4.78, 5) is 22.5. The smallest absolute Gasteiger partial charge is 0.305 e. The molecule has 92 valence electrons. The van der Waals surface area contributed by atoms with E-state index < -0.39 is 0 Å². The second-order valence-electron chi connectivity index (χ2n) is 3.75. The Labute approximate surface area is 100 Å². The molecule has 0 unspecified atom stereocenters. The first-order valence-corrected chi connectivity index (χ1v) is 5.52. The topological polar surface area (TPSA) is 63.6 Å². The molecule has 0 bridgehead atoms. The lowest BCUT2D eigenvalue weighted by molar-refractivity contribution is -0.140. The monoisotopic (exact) mass is 236 g/mol. The van der Waals surface area contributed by atoms with Crippen molar-refractivity contribution < 1.29 is 19.4 Å². The van der Waals surface area contributed by atoms with Crippen molar-refractivity contribution >= 4 is 11.8 Å². The number of ether oxygens (including phenoxy) is 1. The number of hydrogen-bond donors (Lipinski definition) is 1. The second kappa shape index (κ2) is 6.68. The number of methoxy groups -OCH3 is 1. The average molecular weight is 236 g/mol. The lowest BCUT2D eigenvalue weighted by atomic mass is 10.0. The van der Waals surface area contributed by atoms with Crippen molar-refractivity contribution in [2.75, 3.05) is 7.11 Å². The normalized spacial score (nSPS) is 9.94. The van der Waals surface area contributed by atoms with Crippen LogP contribution in [0.2, 0.25) is 0 Å². The van der Waals surface area contributed by atoms with Gasteiger partial charge in [0.2, 0.25) is 0 Å². The maximum Gasteiger partial charge on any atom is 0.305 e. The zero-order valence-corrected chi connectivity index (χ0v) is 9.81. The summed E-state index contributed by atoms with van der Waals surface area (Å²) in [5.74, 6) is -0.0795. The zero-order valence-electron chi connectivity index (χ0n) is 9.81. The summed E-state index contributed by atoms with van der Waals surface area (Å²) in [5, 5.41) is 9.08. The molecule has 0 atom stereocenters. The predicted molar refractivity (Wildman–Crippen MR) is 62.9 cm³/mol. The van der Waals surface area contributed by atoms with E-state index in [-0.39, 0.29) is 17.5 Å². The summed E-state index contributed by atoms with van der Waals surface area (Å²) in [6.45, 7) is 0. The van der Waals surface area contributed by atoms with Gasteiger partial charge in [-0.25, -0.2) is 0 Å². The molecule has 1 aromatic carbocycles. The third kappa shape index (κ3) is 4.68. The standard InChI is InChI=1S/C13H16O4/c1-17-13(16)5-3-2-4-12(15)10-6-8-11(14)9-7-10/h6-9,14H,2-5H2,1H3. The minimum absolute atomic E-state index is 0.0230. The molecule has 1 aromatic rings. The molecule has 4 heteroatoms. The van der Waals surface area contributed by atoms with Crippen LogP contribution in [0.25, 0.3) is 0 Å². The van der Waals surface area contributed by atoms with Gasteiger partial charge in [-0.1, -0.05) is 0 Å². The lowest BCUT2D eigenvalue weighted by Gasteiger charge is -2.01. The maximum absolute atomic E-state index is 11.7. The van der Waals surface area contributed by atoms with Crippen LogP contribution in [0.1, 0.15) is 36.0 Å². The number of unbranched alkanes of at least 4 members (excludes halogenated alkanes) is 1. The molecule has 0 saturated heterocycles. The molecule has 1 rings (SSSR count). The van der Waals surface area contributed by atoms with Crippen LogP contribution >= 0.6 is 0 Å². The number of phenols is 1. The highest BCUT2D eigenvalue weighted by Gasteiger charge is 2.06. The van der Waals surface area contributed by atoms with Crippen molar-refractivity contribution in [1.82, 2.24) is 0 Å². The first-order valence-electron chi connectivity index (χ1n) is 5.52. The molecule has 1 N–H and O–H groups in total. The molecular weight excluding hydrogens is 220 g/mol. The molecule has 0 aliphatic heterocycles. The highest BCUT2D eigenvalue weighted by molar-refractivity contribution is 5.96. The van der Waals surface area contributed by atoms with Crippen molar-refractivity contribution in [2.45, 2.75) is 25.7 Å². The van der Waals surface area contributed by atoms with Crippen LogP contribution in [0.5, 0.6) is 5.75 Å². The molecule has 0 aliphatic rings. The van der Waals surface area contributed by atoms with Gasteiger partial charge < -0.3 is 9.84 Å². The molecule has 4 nitrogen and oxygen atoms in total. The van der Waals surface area contributed by atoms with Crippen LogP contribution in [0.3, 0.4) is 0 Å². The number of benzene rings is 1. The second-order valence-corrected chi connectivity index (χ2v) is 3.75. The Morgan fingerprint density at radius 1 is 1.12 bits per heavy atom. The van der Waals surface area contributed by atoms with Crippen LogP contribution in [-0.2, 0) is 9.53 Å². The first-order chi connectivity index (χ1) is 8.13. The van der Waals surface area contributed by atoms with Gasteiger partial charge in [0.15, 0.2) is 5.78 Å². The fourth-order valence-electron chi connectivity index (χ4n) is 1.45. The van der Waals surface area contributed by atoms with Crippen molar-refractivity contribution in [3.05, 3.63) is 29.8 Å². The number of Topliss-reactive ketones (excluding diaryl/α,β-unsaturated/α-hetero) is 1. The molecule has 0 amide bonds. The first kappa shape index (κ1) is 13.2. The van der Waals surface area contributed by atoms with Gasteiger partial charge in [0, 0.05) is 18.4 Å². The highest BCUT2D eigenvalue weighted by atomic mass is 16.5. The van der Waals surface area contributed by atoms with Crippen molar-refractivity contribution in [2.24, 2.45) is 0 Å². The van der Waals surface area contributed by atoms with Crippen LogP contribution < -0.4 is 0 Å². The zero-order chi connectivity index (χ0) is 12.7. The number of rotatable bonds is 6. The van der Waals surface area contributed by atoms with E-state index in [4.69, 9.17) is 5.11 Å². The molecule has 0 saturated carbocycles. The minimum Gasteiger partial charge on any atom is -0.508 e. The van der Waals surface area contributed by atoms with E-state index in [2.05, 4.69) is 4.74 Å².